The smallest absolute Gasteiger partial charge is 0.226 e. The predicted molar refractivity (Wildman–Crippen MR) is 122 cm³/mol. The van der Waals surface area contributed by atoms with Gasteiger partial charge in [0.1, 0.15) is 22.8 Å². The number of hydrogen-bond acceptors (Lipinski definition) is 8. The molecule has 9 nitrogen and oxygen atoms in total. The van der Waals surface area contributed by atoms with E-state index >= 15 is 0 Å². The molecule has 32 heavy (non-hydrogen) atoms. The van der Waals surface area contributed by atoms with Crippen LogP contribution >= 0.6 is 11.3 Å². The van der Waals surface area contributed by atoms with Crippen LogP contribution in [0.5, 0.6) is 0 Å². The lowest BCUT2D eigenvalue weighted by Crippen LogP contribution is -2.50. The molecule has 10 heteroatoms. The molecule has 5 heterocycles. The summed E-state index contributed by atoms with van der Waals surface area (Å²) in [5.74, 6) is 1.75. The first-order valence-electron chi connectivity index (χ1n) is 10.9. The van der Waals surface area contributed by atoms with Gasteiger partial charge in [0.05, 0.1) is 42.6 Å². The highest BCUT2D eigenvalue weighted by Gasteiger charge is 2.34. The van der Waals surface area contributed by atoms with Gasteiger partial charge in [0.25, 0.3) is 0 Å². The van der Waals surface area contributed by atoms with E-state index in [1.807, 2.05) is 11.0 Å². The molecular formula is C22H23N7O2S. The van der Waals surface area contributed by atoms with E-state index in [9.17, 15) is 4.79 Å². The zero-order valence-electron chi connectivity index (χ0n) is 17.7. The molecule has 1 fully saturated rings. The van der Waals surface area contributed by atoms with Crippen LogP contribution in [0.2, 0.25) is 0 Å². The number of H-pyrrole nitrogens is 1. The Hall–Kier alpha value is -3.11. The van der Waals surface area contributed by atoms with Crippen molar-refractivity contribution < 1.29 is 9.53 Å². The predicted octanol–water partition coefficient (Wildman–Crippen LogP) is 3.06. The largest absolute Gasteiger partial charge is 0.377 e. The minimum atomic E-state index is 0.0191. The second-order valence-electron chi connectivity index (χ2n) is 8.45. The number of hydrogen-bond donors (Lipinski definition) is 2. The Labute approximate surface area is 188 Å². The number of rotatable bonds is 3. The van der Waals surface area contributed by atoms with Crippen molar-refractivity contribution >= 4 is 50.0 Å². The van der Waals surface area contributed by atoms with E-state index in [-0.39, 0.29) is 17.9 Å². The SMILES string of the molecule is C[C@@H]1COCCN1C(=O)[C@H]1CCc2c(sc3ncnc(Nc4cc5cn[nH]c5cn4)c23)C1. The normalized spacial score (nSPS) is 21.1. The van der Waals surface area contributed by atoms with Gasteiger partial charge in [-0.15, -0.1) is 11.3 Å². The summed E-state index contributed by atoms with van der Waals surface area (Å²) in [4.78, 5) is 30.9. The molecule has 0 bridgehead atoms. The maximum absolute atomic E-state index is 13.2. The van der Waals surface area contributed by atoms with Gasteiger partial charge in [0, 0.05) is 22.7 Å². The lowest BCUT2D eigenvalue weighted by Gasteiger charge is -2.36. The Morgan fingerprint density at radius 3 is 3.16 bits per heavy atom. The van der Waals surface area contributed by atoms with Gasteiger partial charge < -0.3 is 15.0 Å². The second kappa shape index (κ2) is 7.79. The van der Waals surface area contributed by atoms with Gasteiger partial charge in [-0.25, -0.2) is 15.0 Å². The fourth-order valence-electron chi connectivity index (χ4n) is 4.74. The van der Waals surface area contributed by atoms with Crippen LogP contribution in [-0.4, -0.2) is 61.8 Å². The molecule has 6 rings (SSSR count). The fraction of sp³-hybridized carbons (Fsp3) is 0.409. The van der Waals surface area contributed by atoms with E-state index in [0.717, 1.165) is 46.2 Å². The summed E-state index contributed by atoms with van der Waals surface area (Å²) in [6, 6.07) is 2.09. The fourth-order valence-corrected chi connectivity index (χ4v) is 6.00. The third kappa shape index (κ3) is 3.30. The molecule has 2 N–H and O–H groups in total. The first-order valence-corrected chi connectivity index (χ1v) is 11.7. The topological polar surface area (TPSA) is 109 Å². The van der Waals surface area contributed by atoms with E-state index in [4.69, 9.17) is 4.74 Å². The van der Waals surface area contributed by atoms with Gasteiger partial charge in [0.15, 0.2) is 0 Å². The van der Waals surface area contributed by atoms with Crippen molar-refractivity contribution in [3.8, 4) is 0 Å². The molecule has 2 aliphatic rings. The number of pyridine rings is 1. The zero-order valence-corrected chi connectivity index (χ0v) is 18.5. The summed E-state index contributed by atoms with van der Waals surface area (Å²) in [5.41, 5.74) is 2.15. The minimum absolute atomic E-state index is 0.0191. The van der Waals surface area contributed by atoms with Crippen molar-refractivity contribution in [2.45, 2.75) is 32.2 Å². The van der Waals surface area contributed by atoms with E-state index in [1.165, 1.54) is 10.4 Å². The molecule has 0 radical (unpaired) electrons. The number of nitrogens with one attached hydrogen (secondary N) is 2. The number of ether oxygens (including phenoxy) is 1. The average molecular weight is 450 g/mol. The highest BCUT2D eigenvalue weighted by molar-refractivity contribution is 7.19. The van der Waals surface area contributed by atoms with Gasteiger partial charge in [-0.1, -0.05) is 0 Å². The molecule has 4 aromatic rings. The quantitative estimate of drug-likeness (QED) is 0.495. The summed E-state index contributed by atoms with van der Waals surface area (Å²) >= 11 is 1.68. The number of nitrogens with zero attached hydrogens (tertiary/aromatic N) is 5. The van der Waals surface area contributed by atoms with Gasteiger partial charge in [-0.05, 0) is 37.8 Å². The van der Waals surface area contributed by atoms with E-state index in [0.29, 0.717) is 25.6 Å². The maximum atomic E-state index is 13.2. The van der Waals surface area contributed by atoms with Crippen molar-refractivity contribution in [3.63, 3.8) is 0 Å². The number of aromatic nitrogens is 5. The molecule has 0 spiro atoms. The van der Waals surface area contributed by atoms with Crippen molar-refractivity contribution in [1.29, 1.82) is 0 Å². The van der Waals surface area contributed by atoms with E-state index < -0.39 is 0 Å². The molecule has 0 unspecified atom stereocenters. The van der Waals surface area contributed by atoms with Gasteiger partial charge in [-0.3, -0.25) is 9.89 Å². The van der Waals surface area contributed by atoms with Crippen LogP contribution in [0, 0.1) is 5.92 Å². The first-order chi connectivity index (χ1) is 15.7. The Balaban J connectivity index is 1.29. The van der Waals surface area contributed by atoms with Crippen LogP contribution in [0.1, 0.15) is 23.8 Å². The summed E-state index contributed by atoms with van der Waals surface area (Å²) in [6.07, 6.45) is 7.57. The van der Waals surface area contributed by atoms with Crippen molar-refractivity contribution in [1.82, 2.24) is 30.0 Å². The number of anilines is 2. The highest BCUT2D eigenvalue weighted by Crippen LogP contribution is 2.41. The van der Waals surface area contributed by atoms with E-state index in [1.54, 1.807) is 30.1 Å². The molecule has 2 atom stereocenters. The molecule has 1 aliphatic heterocycles. The third-order valence-electron chi connectivity index (χ3n) is 6.42. The monoisotopic (exact) mass is 449 g/mol. The summed E-state index contributed by atoms with van der Waals surface area (Å²) in [6.45, 7) is 3.99. The zero-order chi connectivity index (χ0) is 21.7. The van der Waals surface area contributed by atoms with Crippen LogP contribution in [-0.2, 0) is 22.4 Å². The molecule has 164 valence electrons. The number of thiophene rings is 1. The van der Waals surface area contributed by atoms with Gasteiger partial charge in [-0.2, -0.15) is 5.10 Å². The number of fused-ring (bicyclic) bond motifs is 4. The number of amides is 1. The van der Waals surface area contributed by atoms with Crippen molar-refractivity contribution in [3.05, 3.63) is 35.2 Å². The molecule has 1 saturated heterocycles. The Morgan fingerprint density at radius 1 is 1.31 bits per heavy atom. The summed E-state index contributed by atoms with van der Waals surface area (Å²) in [7, 11) is 0. The number of aromatic amines is 1. The van der Waals surface area contributed by atoms with Gasteiger partial charge >= 0.3 is 0 Å². The standard InChI is InChI=1S/C22H23N7O2S/c1-12-10-31-5-4-29(12)22(30)13-2-3-15-17(6-13)32-21-19(15)20(24-11-25-21)27-18-7-14-8-26-28-16(14)9-23-18/h7-9,11-13H,2-6,10H2,1H3,(H,26,28)(H,23,24,25,27)/t12-,13+/m1/s1. The van der Waals surface area contributed by atoms with Crippen molar-refractivity contribution in [2.75, 3.05) is 25.1 Å². The first kappa shape index (κ1) is 19.6. The van der Waals surface area contributed by atoms with Crippen LogP contribution in [0.4, 0.5) is 11.6 Å². The number of aryl methyl sites for hydroxylation is 1. The molecular weight excluding hydrogens is 426 g/mol. The van der Waals surface area contributed by atoms with Crippen LogP contribution in [0.3, 0.4) is 0 Å². The van der Waals surface area contributed by atoms with E-state index in [2.05, 4.69) is 37.4 Å². The molecule has 4 aromatic heterocycles. The lowest BCUT2D eigenvalue weighted by atomic mass is 9.86. The number of carbonyl (C=O) groups is 1. The Bertz CT molecular complexity index is 1320. The molecule has 1 aliphatic carbocycles. The highest BCUT2D eigenvalue weighted by atomic mass is 32.1. The van der Waals surface area contributed by atoms with Crippen LogP contribution in [0.25, 0.3) is 21.1 Å². The van der Waals surface area contributed by atoms with Crippen molar-refractivity contribution in [2.24, 2.45) is 5.92 Å². The molecule has 0 aromatic carbocycles. The lowest BCUT2D eigenvalue weighted by molar-refractivity contribution is -0.143. The van der Waals surface area contributed by atoms with Gasteiger partial charge in [0.2, 0.25) is 5.91 Å². The molecule has 1 amide bonds. The minimum Gasteiger partial charge on any atom is -0.377 e. The Morgan fingerprint density at radius 2 is 2.25 bits per heavy atom. The molecule has 0 saturated carbocycles. The summed E-state index contributed by atoms with van der Waals surface area (Å²) in [5, 5.41) is 12.4. The number of morpholine rings is 1. The average Bonchev–Trinajstić information content (AvgIpc) is 3.42. The van der Waals surface area contributed by atoms with Crippen LogP contribution in [0.15, 0.2) is 24.8 Å². The maximum Gasteiger partial charge on any atom is 0.226 e. The summed E-state index contributed by atoms with van der Waals surface area (Å²) < 4.78 is 5.50. The number of carbonyl (C=O) groups excluding carboxylic acids is 1. The second-order valence-corrected chi connectivity index (χ2v) is 9.54. The third-order valence-corrected chi connectivity index (χ3v) is 7.58. The van der Waals surface area contributed by atoms with Crippen LogP contribution < -0.4 is 5.32 Å². The Kier molecular flexibility index (Phi) is 4.76.